The Morgan fingerprint density at radius 2 is 1.76 bits per heavy atom. The maximum absolute atomic E-state index is 6.35. The van der Waals surface area contributed by atoms with Gasteiger partial charge in [0.1, 0.15) is 0 Å². The van der Waals surface area contributed by atoms with E-state index in [-0.39, 0.29) is 11.2 Å². The molecule has 1 heterocycles. The lowest BCUT2D eigenvalue weighted by Crippen LogP contribution is -2.48. The van der Waals surface area contributed by atoms with Gasteiger partial charge in [0.25, 0.3) is 0 Å². The van der Waals surface area contributed by atoms with Crippen LogP contribution in [0.15, 0.2) is 24.3 Å². The topological polar surface area (TPSA) is 9.23 Å². The molecule has 0 aromatic heterocycles. The number of ether oxygens (including phenoxy) is 1. The first-order chi connectivity index (χ1) is 7.83. The van der Waals surface area contributed by atoms with E-state index >= 15 is 0 Å². The van der Waals surface area contributed by atoms with Gasteiger partial charge in [-0.2, -0.15) is 0 Å². The molecule has 1 aliphatic heterocycles. The lowest BCUT2D eigenvalue weighted by Gasteiger charge is -2.46. The Balaban J connectivity index is 2.28. The molecular weight excluding hydrogens is 276 g/mol. The Morgan fingerprint density at radius 3 is 2.29 bits per heavy atom. The standard InChI is InChI=1S/C15H21BrO/c1-11-5-7-12(8-6-11)15(4)10-9-13(16)14(2,3)17-15/h5-8,13H,9-10H2,1-4H3/t13-,15+/m1/s1. The maximum atomic E-state index is 6.35. The average molecular weight is 297 g/mol. The van der Waals surface area contributed by atoms with Gasteiger partial charge in [0.15, 0.2) is 0 Å². The Labute approximate surface area is 113 Å². The van der Waals surface area contributed by atoms with Gasteiger partial charge in [0.05, 0.1) is 11.2 Å². The fraction of sp³-hybridized carbons (Fsp3) is 0.600. The van der Waals surface area contributed by atoms with E-state index < -0.39 is 0 Å². The minimum absolute atomic E-state index is 0.113. The number of aryl methyl sites for hydroxylation is 1. The normalized spacial score (nSPS) is 32.4. The van der Waals surface area contributed by atoms with Crippen molar-refractivity contribution in [3.8, 4) is 0 Å². The van der Waals surface area contributed by atoms with Crippen molar-refractivity contribution in [1.29, 1.82) is 0 Å². The highest BCUT2D eigenvalue weighted by Crippen LogP contribution is 2.44. The third-order valence-corrected chi connectivity index (χ3v) is 5.34. The van der Waals surface area contributed by atoms with E-state index in [0.717, 1.165) is 12.8 Å². The highest BCUT2D eigenvalue weighted by Gasteiger charge is 2.43. The van der Waals surface area contributed by atoms with Crippen molar-refractivity contribution in [2.24, 2.45) is 0 Å². The molecule has 17 heavy (non-hydrogen) atoms. The molecule has 0 unspecified atom stereocenters. The van der Waals surface area contributed by atoms with Gasteiger partial charge in [0.2, 0.25) is 0 Å². The van der Waals surface area contributed by atoms with Crippen LogP contribution in [-0.2, 0) is 10.3 Å². The molecule has 0 radical (unpaired) electrons. The van der Waals surface area contributed by atoms with E-state index in [0.29, 0.717) is 4.83 Å². The van der Waals surface area contributed by atoms with Crippen LogP contribution in [0.2, 0.25) is 0 Å². The molecular formula is C15H21BrO. The van der Waals surface area contributed by atoms with E-state index in [1.54, 1.807) is 0 Å². The van der Waals surface area contributed by atoms with Gasteiger partial charge in [-0.3, -0.25) is 0 Å². The zero-order chi connectivity index (χ0) is 12.7. The van der Waals surface area contributed by atoms with Gasteiger partial charge in [-0.1, -0.05) is 45.8 Å². The lowest BCUT2D eigenvalue weighted by molar-refractivity contribution is -0.165. The van der Waals surface area contributed by atoms with Crippen molar-refractivity contribution in [1.82, 2.24) is 0 Å². The van der Waals surface area contributed by atoms with Crippen molar-refractivity contribution in [2.75, 3.05) is 0 Å². The first-order valence-electron chi connectivity index (χ1n) is 6.25. The van der Waals surface area contributed by atoms with Crippen molar-refractivity contribution >= 4 is 15.9 Å². The van der Waals surface area contributed by atoms with Crippen LogP contribution in [0.3, 0.4) is 0 Å². The van der Waals surface area contributed by atoms with Crippen LogP contribution in [-0.4, -0.2) is 10.4 Å². The molecule has 1 aromatic rings. The molecule has 0 N–H and O–H groups in total. The summed E-state index contributed by atoms with van der Waals surface area (Å²) in [6, 6.07) is 8.72. The van der Waals surface area contributed by atoms with Crippen molar-refractivity contribution < 1.29 is 4.74 Å². The predicted octanol–water partition coefficient (Wildman–Crippen LogP) is 4.56. The van der Waals surface area contributed by atoms with Crippen LogP contribution in [0.25, 0.3) is 0 Å². The fourth-order valence-corrected chi connectivity index (χ4v) is 2.88. The molecule has 0 spiro atoms. The Morgan fingerprint density at radius 1 is 1.18 bits per heavy atom. The van der Waals surface area contributed by atoms with Crippen LogP contribution in [0.4, 0.5) is 0 Å². The molecule has 1 saturated heterocycles. The highest BCUT2D eigenvalue weighted by molar-refractivity contribution is 9.09. The second kappa shape index (κ2) is 4.40. The van der Waals surface area contributed by atoms with Gasteiger partial charge in [0, 0.05) is 4.83 Å². The summed E-state index contributed by atoms with van der Waals surface area (Å²) in [5.41, 5.74) is 2.32. The van der Waals surface area contributed by atoms with Gasteiger partial charge in [-0.15, -0.1) is 0 Å². The smallest absolute Gasteiger partial charge is 0.0911 e. The SMILES string of the molecule is Cc1ccc([C@]2(C)CC[C@@H](Br)C(C)(C)O2)cc1. The number of alkyl halides is 1. The second-order valence-corrected chi connectivity index (χ2v) is 6.91. The van der Waals surface area contributed by atoms with Crippen LogP contribution in [0.5, 0.6) is 0 Å². The van der Waals surface area contributed by atoms with Gasteiger partial charge in [-0.25, -0.2) is 0 Å². The van der Waals surface area contributed by atoms with Gasteiger partial charge >= 0.3 is 0 Å². The van der Waals surface area contributed by atoms with Gasteiger partial charge < -0.3 is 4.74 Å². The monoisotopic (exact) mass is 296 g/mol. The molecule has 0 aliphatic carbocycles. The van der Waals surface area contributed by atoms with Crippen LogP contribution < -0.4 is 0 Å². The summed E-state index contributed by atoms with van der Waals surface area (Å²) in [6.45, 7) is 8.65. The first kappa shape index (κ1) is 13.1. The third kappa shape index (κ3) is 2.58. The van der Waals surface area contributed by atoms with Gasteiger partial charge in [-0.05, 0) is 46.1 Å². The zero-order valence-corrected chi connectivity index (χ0v) is 12.7. The van der Waals surface area contributed by atoms with E-state index in [1.165, 1.54) is 11.1 Å². The number of hydrogen-bond donors (Lipinski definition) is 0. The van der Waals surface area contributed by atoms with E-state index in [4.69, 9.17) is 4.74 Å². The third-order valence-electron chi connectivity index (χ3n) is 3.78. The summed E-state index contributed by atoms with van der Waals surface area (Å²) in [5.74, 6) is 0. The average Bonchev–Trinajstić information content (AvgIpc) is 2.24. The summed E-state index contributed by atoms with van der Waals surface area (Å²) >= 11 is 3.72. The molecule has 2 rings (SSSR count). The molecule has 0 bridgehead atoms. The quantitative estimate of drug-likeness (QED) is 0.690. The van der Waals surface area contributed by atoms with E-state index in [2.05, 4.69) is 67.9 Å². The Hall–Kier alpha value is -0.340. The van der Waals surface area contributed by atoms with Crippen molar-refractivity contribution in [3.63, 3.8) is 0 Å². The Bertz CT molecular complexity index is 396. The zero-order valence-electron chi connectivity index (χ0n) is 11.1. The largest absolute Gasteiger partial charge is 0.364 e. The molecule has 1 aromatic carbocycles. The molecule has 1 aliphatic rings. The number of halogens is 1. The summed E-state index contributed by atoms with van der Waals surface area (Å²) in [6.07, 6.45) is 2.22. The summed E-state index contributed by atoms with van der Waals surface area (Å²) in [5, 5.41) is 0. The summed E-state index contributed by atoms with van der Waals surface area (Å²) in [4.78, 5) is 0.438. The minimum atomic E-state index is -0.151. The summed E-state index contributed by atoms with van der Waals surface area (Å²) < 4.78 is 6.35. The number of benzene rings is 1. The predicted molar refractivity (Wildman–Crippen MR) is 75.6 cm³/mol. The van der Waals surface area contributed by atoms with Crippen LogP contribution in [0.1, 0.15) is 44.7 Å². The van der Waals surface area contributed by atoms with Crippen LogP contribution in [0, 0.1) is 6.92 Å². The highest BCUT2D eigenvalue weighted by atomic mass is 79.9. The Kier molecular flexibility index (Phi) is 3.39. The maximum Gasteiger partial charge on any atom is 0.0911 e. The van der Waals surface area contributed by atoms with E-state index in [1.807, 2.05) is 0 Å². The molecule has 2 atom stereocenters. The minimum Gasteiger partial charge on any atom is -0.364 e. The molecule has 2 heteroatoms. The van der Waals surface area contributed by atoms with E-state index in [9.17, 15) is 0 Å². The number of hydrogen-bond acceptors (Lipinski definition) is 1. The molecule has 1 nitrogen and oxygen atoms in total. The molecule has 0 amide bonds. The lowest BCUT2D eigenvalue weighted by atomic mass is 9.83. The molecule has 94 valence electrons. The molecule has 0 saturated carbocycles. The fourth-order valence-electron chi connectivity index (χ4n) is 2.55. The van der Waals surface area contributed by atoms with Crippen molar-refractivity contribution in [2.45, 2.75) is 56.6 Å². The summed E-state index contributed by atoms with van der Waals surface area (Å²) in [7, 11) is 0. The number of rotatable bonds is 1. The van der Waals surface area contributed by atoms with Crippen molar-refractivity contribution in [3.05, 3.63) is 35.4 Å². The molecule has 1 fully saturated rings. The second-order valence-electron chi connectivity index (χ2n) is 5.81. The van der Waals surface area contributed by atoms with Crippen LogP contribution >= 0.6 is 15.9 Å². The first-order valence-corrected chi connectivity index (χ1v) is 7.16.